The fourth-order valence-corrected chi connectivity index (χ4v) is 1.87. The van der Waals surface area contributed by atoms with E-state index in [1.54, 1.807) is 13.8 Å². The Labute approximate surface area is 116 Å². The second-order valence-electron chi connectivity index (χ2n) is 5.43. The molecule has 0 heterocycles. The molecule has 0 spiro atoms. The molecule has 0 fully saturated rings. The van der Waals surface area contributed by atoms with Gasteiger partial charge in [0.05, 0.1) is 0 Å². The van der Waals surface area contributed by atoms with Crippen LogP contribution in [0.3, 0.4) is 0 Å². The van der Waals surface area contributed by atoms with E-state index in [0.29, 0.717) is 0 Å². The lowest BCUT2D eigenvalue weighted by molar-refractivity contribution is -0.140. The van der Waals surface area contributed by atoms with Gasteiger partial charge in [0.25, 0.3) is 0 Å². The van der Waals surface area contributed by atoms with Crippen LogP contribution in [0.2, 0.25) is 0 Å². The monoisotopic (exact) mass is 272 g/mol. The van der Waals surface area contributed by atoms with Crippen LogP contribution in [0.15, 0.2) is 0 Å². The predicted octanol–water partition coefficient (Wildman–Crippen LogP) is 2.75. The minimum absolute atomic E-state index is 0.0680. The average molecular weight is 272 g/mol. The van der Waals surface area contributed by atoms with Gasteiger partial charge in [-0.05, 0) is 19.3 Å². The van der Waals surface area contributed by atoms with Crippen LogP contribution in [0.4, 0.5) is 4.79 Å². The van der Waals surface area contributed by atoms with Crippen LogP contribution < -0.4 is 10.6 Å². The largest absolute Gasteiger partial charge is 0.480 e. The lowest BCUT2D eigenvalue weighted by Crippen LogP contribution is -2.50. The Kier molecular flexibility index (Phi) is 9.00. The number of carboxylic acid groups (broad SMARTS) is 1. The Bertz CT molecular complexity index is 280. The van der Waals surface area contributed by atoms with Crippen LogP contribution in [0, 0.1) is 5.92 Å². The smallest absolute Gasteiger partial charge is 0.326 e. The lowest BCUT2D eigenvalue weighted by atomic mass is 10.1. The lowest BCUT2D eigenvalue weighted by Gasteiger charge is -2.20. The molecule has 2 amide bonds. The molecule has 0 radical (unpaired) electrons. The summed E-state index contributed by atoms with van der Waals surface area (Å²) in [5, 5.41) is 14.3. The van der Waals surface area contributed by atoms with Crippen LogP contribution in [-0.4, -0.2) is 29.2 Å². The standard InChI is InChI=1S/C14H28N2O3/c1-5-6-7-8-9-11(4)15-14(19)16-12(10(2)3)13(17)18/h10-12H,5-9H2,1-4H3,(H,17,18)(H2,15,16,19)/t11?,12-/m0/s1. The van der Waals surface area contributed by atoms with Crippen molar-refractivity contribution in [2.45, 2.75) is 71.9 Å². The van der Waals surface area contributed by atoms with E-state index in [9.17, 15) is 9.59 Å². The van der Waals surface area contributed by atoms with Gasteiger partial charge in [0, 0.05) is 6.04 Å². The molecule has 19 heavy (non-hydrogen) atoms. The third-order valence-electron chi connectivity index (χ3n) is 3.09. The van der Waals surface area contributed by atoms with Crippen molar-refractivity contribution in [2.75, 3.05) is 0 Å². The number of hydrogen-bond donors (Lipinski definition) is 3. The first-order valence-electron chi connectivity index (χ1n) is 7.18. The second-order valence-corrected chi connectivity index (χ2v) is 5.43. The average Bonchev–Trinajstić information content (AvgIpc) is 2.31. The van der Waals surface area contributed by atoms with Gasteiger partial charge in [-0.15, -0.1) is 0 Å². The number of rotatable bonds is 9. The van der Waals surface area contributed by atoms with Gasteiger partial charge in [0.15, 0.2) is 0 Å². The number of unbranched alkanes of at least 4 members (excludes halogenated alkanes) is 3. The van der Waals surface area contributed by atoms with Gasteiger partial charge in [-0.2, -0.15) is 0 Å². The summed E-state index contributed by atoms with van der Waals surface area (Å²) in [6.07, 6.45) is 5.59. The molecule has 112 valence electrons. The molecule has 0 aliphatic rings. The van der Waals surface area contributed by atoms with E-state index < -0.39 is 18.0 Å². The summed E-state index contributed by atoms with van der Waals surface area (Å²) in [5.74, 6) is -1.14. The van der Waals surface area contributed by atoms with E-state index >= 15 is 0 Å². The van der Waals surface area contributed by atoms with Crippen molar-refractivity contribution in [3.63, 3.8) is 0 Å². The minimum atomic E-state index is -0.999. The second kappa shape index (κ2) is 9.64. The number of carboxylic acids is 1. The van der Waals surface area contributed by atoms with Gasteiger partial charge in [-0.1, -0.05) is 46.5 Å². The molecule has 0 bridgehead atoms. The molecule has 0 aliphatic heterocycles. The van der Waals surface area contributed by atoms with E-state index in [0.717, 1.165) is 12.8 Å². The molecule has 0 saturated carbocycles. The van der Waals surface area contributed by atoms with E-state index in [2.05, 4.69) is 17.6 Å². The summed E-state index contributed by atoms with van der Waals surface area (Å²) in [4.78, 5) is 22.6. The summed E-state index contributed by atoms with van der Waals surface area (Å²) in [6.45, 7) is 7.64. The fourth-order valence-electron chi connectivity index (χ4n) is 1.87. The van der Waals surface area contributed by atoms with E-state index in [4.69, 9.17) is 5.11 Å². The molecular weight excluding hydrogens is 244 g/mol. The number of urea groups is 1. The Morgan fingerprint density at radius 1 is 1.05 bits per heavy atom. The maximum atomic E-state index is 11.7. The van der Waals surface area contributed by atoms with Crippen molar-refractivity contribution in [3.05, 3.63) is 0 Å². The first-order chi connectivity index (χ1) is 8.88. The van der Waals surface area contributed by atoms with Gasteiger partial charge < -0.3 is 15.7 Å². The maximum absolute atomic E-state index is 11.7. The Morgan fingerprint density at radius 2 is 1.68 bits per heavy atom. The highest BCUT2D eigenvalue weighted by molar-refractivity contribution is 5.82. The van der Waals surface area contributed by atoms with Crippen molar-refractivity contribution in [3.8, 4) is 0 Å². The number of hydrogen-bond acceptors (Lipinski definition) is 2. The van der Waals surface area contributed by atoms with Crippen molar-refractivity contribution in [2.24, 2.45) is 5.92 Å². The van der Waals surface area contributed by atoms with Crippen LogP contribution >= 0.6 is 0 Å². The molecule has 1 unspecified atom stereocenters. The Hall–Kier alpha value is -1.26. The van der Waals surface area contributed by atoms with Crippen LogP contribution in [0.1, 0.15) is 59.8 Å². The predicted molar refractivity (Wildman–Crippen MR) is 76.2 cm³/mol. The molecule has 0 saturated heterocycles. The Balaban J connectivity index is 3.98. The molecule has 5 heteroatoms. The van der Waals surface area contributed by atoms with E-state index in [-0.39, 0.29) is 12.0 Å². The van der Waals surface area contributed by atoms with Crippen LogP contribution in [0.25, 0.3) is 0 Å². The quantitative estimate of drug-likeness (QED) is 0.565. The van der Waals surface area contributed by atoms with Gasteiger partial charge in [-0.25, -0.2) is 9.59 Å². The van der Waals surface area contributed by atoms with Gasteiger partial charge in [0.1, 0.15) is 6.04 Å². The highest BCUT2D eigenvalue weighted by Crippen LogP contribution is 2.05. The summed E-state index contributed by atoms with van der Waals surface area (Å²) in [6, 6.07) is -1.17. The number of amides is 2. The SMILES string of the molecule is CCCCCCC(C)NC(=O)N[C@H](C(=O)O)C(C)C. The molecule has 0 aromatic carbocycles. The molecule has 5 nitrogen and oxygen atoms in total. The first-order valence-corrected chi connectivity index (χ1v) is 7.18. The van der Waals surface area contributed by atoms with Crippen molar-refractivity contribution in [1.82, 2.24) is 10.6 Å². The summed E-state index contributed by atoms with van der Waals surface area (Å²) in [5.41, 5.74) is 0. The van der Waals surface area contributed by atoms with E-state index in [1.807, 2.05) is 6.92 Å². The zero-order chi connectivity index (χ0) is 14.8. The minimum Gasteiger partial charge on any atom is -0.480 e. The van der Waals surface area contributed by atoms with Crippen LogP contribution in [-0.2, 0) is 4.79 Å². The highest BCUT2D eigenvalue weighted by atomic mass is 16.4. The zero-order valence-electron chi connectivity index (χ0n) is 12.5. The number of aliphatic carboxylic acids is 1. The zero-order valence-corrected chi connectivity index (χ0v) is 12.5. The molecule has 0 aromatic heterocycles. The molecule has 0 aliphatic carbocycles. The first kappa shape index (κ1) is 17.7. The molecule has 0 rings (SSSR count). The normalized spacial score (nSPS) is 13.9. The topological polar surface area (TPSA) is 78.4 Å². The maximum Gasteiger partial charge on any atom is 0.326 e. The number of carbonyl (C=O) groups is 2. The Morgan fingerprint density at radius 3 is 2.16 bits per heavy atom. The number of nitrogens with one attached hydrogen (secondary N) is 2. The van der Waals surface area contributed by atoms with Crippen molar-refractivity contribution in [1.29, 1.82) is 0 Å². The van der Waals surface area contributed by atoms with Crippen molar-refractivity contribution >= 4 is 12.0 Å². The number of carbonyl (C=O) groups excluding carboxylic acids is 1. The third-order valence-corrected chi connectivity index (χ3v) is 3.09. The van der Waals surface area contributed by atoms with Crippen molar-refractivity contribution < 1.29 is 14.7 Å². The van der Waals surface area contributed by atoms with Gasteiger partial charge in [0.2, 0.25) is 0 Å². The van der Waals surface area contributed by atoms with Crippen LogP contribution in [0.5, 0.6) is 0 Å². The summed E-state index contributed by atoms with van der Waals surface area (Å²) in [7, 11) is 0. The molecule has 2 atom stereocenters. The van der Waals surface area contributed by atoms with Gasteiger partial charge in [-0.3, -0.25) is 0 Å². The molecule has 0 aromatic rings. The molecular formula is C14H28N2O3. The fraction of sp³-hybridized carbons (Fsp3) is 0.857. The summed E-state index contributed by atoms with van der Waals surface area (Å²) < 4.78 is 0. The third kappa shape index (κ3) is 8.46. The van der Waals surface area contributed by atoms with Gasteiger partial charge >= 0.3 is 12.0 Å². The molecule has 3 N–H and O–H groups in total. The highest BCUT2D eigenvalue weighted by Gasteiger charge is 2.23. The summed E-state index contributed by atoms with van der Waals surface area (Å²) >= 11 is 0. The van der Waals surface area contributed by atoms with E-state index in [1.165, 1.54) is 19.3 Å².